The summed E-state index contributed by atoms with van der Waals surface area (Å²) in [5.74, 6) is -0.777. The highest BCUT2D eigenvalue weighted by molar-refractivity contribution is 9.10. The molecule has 0 aliphatic carbocycles. The number of aromatic amines is 1. The van der Waals surface area contributed by atoms with Gasteiger partial charge in [0.25, 0.3) is 5.91 Å². The average Bonchev–Trinajstić information content (AvgIpc) is 3.06. The molecule has 0 unspecified atom stereocenters. The van der Waals surface area contributed by atoms with Crippen molar-refractivity contribution in [1.82, 2.24) is 20.4 Å². The van der Waals surface area contributed by atoms with Gasteiger partial charge in [-0.2, -0.15) is 23.5 Å². The van der Waals surface area contributed by atoms with Crippen molar-refractivity contribution in [1.29, 1.82) is 0 Å². The minimum Gasteiger partial charge on any atom is -0.346 e. The number of carbonyl (C=O) groups is 1. The Balaban J connectivity index is 1.66. The molecule has 2 aromatic carbocycles. The van der Waals surface area contributed by atoms with Crippen LogP contribution in [0.1, 0.15) is 27.2 Å². The van der Waals surface area contributed by atoms with Crippen molar-refractivity contribution in [3.63, 3.8) is 0 Å². The molecule has 0 atom stereocenters. The zero-order chi connectivity index (χ0) is 21.0. The van der Waals surface area contributed by atoms with Crippen LogP contribution in [-0.2, 0) is 12.7 Å². The molecule has 0 aliphatic heterocycles. The second kappa shape index (κ2) is 8.43. The molecule has 7 nitrogen and oxygen atoms in total. The van der Waals surface area contributed by atoms with E-state index in [-0.39, 0.29) is 6.54 Å². The molecule has 0 saturated carbocycles. The van der Waals surface area contributed by atoms with E-state index in [9.17, 15) is 22.8 Å². The number of alkyl halides is 3. The summed E-state index contributed by atoms with van der Waals surface area (Å²) in [5, 5.41) is 12.3. The van der Waals surface area contributed by atoms with Gasteiger partial charge in [-0.1, -0.05) is 46.3 Å². The van der Waals surface area contributed by atoms with Crippen molar-refractivity contribution >= 4 is 28.1 Å². The lowest BCUT2D eigenvalue weighted by Gasteiger charge is -2.08. The van der Waals surface area contributed by atoms with Gasteiger partial charge in [0.05, 0.1) is 11.8 Å². The maximum atomic E-state index is 12.6. The monoisotopic (exact) mass is 467 g/mol. The summed E-state index contributed by atoms with van der Waals surface area (Å²) in [5.41, 5.74) is -0.818. The van der Waals surface area contributed by atoms with E-state index in [1.54, 1.807) is 18.2 Å². The number of rotatable bonds is 5. The van der Waals surface area contributed by atoms with Gasteiger partial charge >= 0.3 is 11.7 Å². The summed E-state index contributed by atoms with van der Waals surface area (Å²) in [7, 11) is 0. The van der Waals surface area contributed by atoms with E-state index >= 15 is 0 Å². The molecule has 0 aliphatic rings. The Morgan fingerprint density at radius 2 is 1.90 bits per heavy atom. The predicted molar refractivity (Wildman–Crippen MR) is 103 cm³/mol. The summed E-state index contributed by atoms with van der Waals surface area (Å²) >= 11 is 3.34. The Hall–Kier alpha value is -3.21. The first-order valence-corrected chi connectivity index (χ1v) is 8.95. The molecule has 0 radical (unpaired) electrons. The lowest BCUT2D eigenvalue weighted by molar-refractivity contribution is -0.137. The van der Waals surface area contributed by atoms with Crippen molar-refractivity contribution in [3.05, 3.63) is 85.7 Å². The van der Waals surface area contributed by atoms with Crippen molar-refractivity contribution in [3.8, 4) is 0 Å². The predicted octanol–water partition coefficient (Wildman–Crippen LogP) is 3.16. The van der Waals surface area contributed by atoms with Gasteiger partial charge in [-0.3, -0.25) is 9.59 Å². The Bertz CT molecular complexity index is 1100. The maximum absolute atomic E-state index is 12.6. The van der Waals surface area contributed by atoms with Crippen molar-refractivity contribution in [2.24, 2.45) is 5.10 Å². The van der Waals surface area contributed by atoms with Gasteiger partial charge in [-0.15, -0.1) is 9.89 Å². The highest BCUT2D eigenvalue weighted by Crippen LogP contribution is 2.29. The van der Waals surface area contributed by atoms with Crippen molar-refractivity contribution in [2.75, 3.05) is 0 Å². The van der Waals surface area contributed by atoms with Crippen LogP contribution in [0.15, 0.2) is 62.9 Å². The van der Waals surface area contributed by atoms with Gasteiger partial charge in [-0.05, 0) is 23.8 Å². The summed E-state index contributed by atoms with van der Waals surface area (Å²) in [4.78, 5) is 25.2. The van der Waals surface area contributed by atoms with E-state index in [0.29, 0.717) is 11.1 Å². The van der Waals surface area contributed by atoms with E-state index in [4.69, 9.17) is 0 Å². The molecule has 0 spiro atoms. The quantitative estimate of drug-likeness (QED) is 0.564. The highest BCUT2D eigenvalue weighted by Gasteiger charge is 2.29. The number of hydrogen-bond acceptors (Lipinski definition) is 4. The van der Waals surface area contributed by atoms with Crippen LogP contribution in [0.5, 0.6) is 0 Å². The molecular formula is C18H13BrF3N5O2. The van der Waals surface area contributed by atoms with Crippen LogP contribution < -0.4 is 10.9 Å². The first-order chi connectivity index (χ1) is 13.8. The second-order valence-corrected chi connectivity index (χ2v) is 6.68. The average molecular weight is 468 g/mol. The fourth-order valence-electron chi connectivity index (χ4n) is 2.29. The smallest absolute Gasteiger partial charge is 0.346 e. The first kappa shape index (κ1) is 20.5. The minimum atomic E-state index is -4.43. The number of carbonyl (C=O) groups excluding carboxylic acids is 1. The summed E-state index contributed by atoms with van der Waals surface area (Å²) < 4.78 is 38.5. The van der Waals surface area contributed by atoms with Crippen LogP contribution in [-0.4, -0.2) is 27.2 Å². The first-order valence-electron chi connectivity index (χ1n) is 8.16. The third-order valence-corrected chi connectivity index (χ3v) is 4.54. The summed E-state index contributed by atoms with van der Waals surface area (Å²) in [6, 6.07) is 11.5. The number of benzene rings is 2. The number of hydrogen-bond donors (Lipinski definition) is 2. The molecule has 3 rings (SSSR count). The van der Waals surface area contributed by atoms with Gasteiger partial charge in [0, 0.05) is 16.6 Å². The fourth-order valence-corrected chi connectivity index (χ4v) is 2.68. The zero-order valence-corrected chi connectivity index (χ0v) is 16.2. The Morgan fingerprint density at radius 1 is 1.21 bits per heavy atom. The van der Waals surface area contributed by atoms with Gasteiger partial charge in [0.15, 0.2) is 0 Å². The fraction of sp³-hybridized carbons (Fsp3) is 0.111. The van der Waals surface area contributed by atoms with Crippen LogP contribution in [0.2, 0.25) is 0 Å². The van der Waals surface area contributed by atoms with Crippen LogP contribution in [0.25, 0.3) is 0 Å². The van der Waals surface area contributed by atoms with E-state index in [2.05, 4.69) is 36.7 Å². The Kier molecular flexibility index (Phi) is 5.97. The van der Waals surface area contributed by atoms with E-state index in [0.717, 1.165) is 21.4 Å². The van der Waals surface area contributed by atoms with E-state index in [1.807, 2.05) is 6.07 Å². The third-order valence-electron chi connectivity index (χ3n) is 3.82. The molecule has 0 bridgehead atoms. The molecule has 0 saturated heterocycles. The van der Waals surface area contributed by atoms with Gasteiger partial charge in [0.2, 0.25) is 5.69 Å². The van der Waals surface area contributed by atoms with Crippen LogP contribution in [0, 0.1) is 0 Å². The largest absolute Gasteiger partial charge is 0.416 e. The number of nitrogens with one attached hydrogen (secondary N) is 2. The van der Waals surface area contributed by atoms with Gasteiger partial charge in [-0.25, -0.2) is 0 Å². The zero-order valence-electron chi connectivity index (χ0n) is 14.6. The molecule has 150 valence electrons. The Labute approximate surface area is 170 Å². The van der Waals surface area contributed by atoms with E-state index in [1.165, 1.54) is 18.3 Å². The summed E-state index contributed by atoms with van der Waals surface area (Å²) in [6.45, 7) is -0.0660. The van der Waals surface area contributed by atoms with Crippen molar-refractivity contribution in [2.45, 2.75) is 12.7 Å². The van der Waals surface area contributed by atoms with Crippen LogP contribution in [0.4, 0.5) is 13.2 Å². The van der Waals surface area contributed by atoms with Gasteiger partial charge in [0.1, 0.15) is 0 Å². The topological polar surface area (TPSA) is 92.1 Å². The van der Waals surface area contributed by atoms with Gasteiger partial charge < -0.3 is 5.32 Å². The molecule has 11 heteroatoms. The second-order valence-electron chi connectivity index (χ2n) is 5.82. The van der Waals surface area contributed by atoms with Crippen LogP contribution in [0.3, 0.4) is 0 Å². The molecule has 0 fully saturated rings. The lowest BCUT2D eigenvalue weighted by atomic mass is 10.1. The number of nitrogens with zero attached hydrogens (tertiary/aromatic N) is 3. The number of halogens is 4. The minimum absolute atomic E-state index is 0.0660. The molecule has 3 aromatic rings. The molecule has 29 heavy (non-hydrogen) atoms. The normalized spacial score (nSPS) is 11.7. The maximum Gasteiger partial charge on any atom is 0.416 e. The van der Waals surface area contributed by atoms with Crippen molar-refractivity contribution < 1.29 is 18.0 Å². The Morgan fingerprint density at radius 3 is 2.55 bits per heavy atom. The lowest BCUT2D eigenvalue weighted by Crippen LogP contribution is -2.29. The van der Waals surface area contributed by atoms with E-state index < -0.39 is 28.9 Å². The highest BCUT2D eigenvalue weighted by atomic mass is 79.9. The molecule has 1 heterocycles. The number of amides is 1. The third kappa shape index (κ3) is 4.99. The SMILES string of the molecule is O=C(NCc1ccc(C(F)(F)F)cc1)c1n[nH]n(N=Cc2ccccc2Br)c1=O. The molecule has 1 amide bonds. The van der Waals surface area contributed by atoms with Crippen LogP contribution >= 0.6 is 15.9 Å². The standard InChI is InChI=1S/C18H13BrF3N5O2/c19-14-4-2-1-3-12(14)10-24-27-17(29)15(25-26-27)16(28)23-9-11-5-7-13(8-6-11)18(20,21)22/h1-8,10,26H,9H2,(H,23,28). The molecule has 2 N–H and O–H groups in total. The number of H-pyrrole nitrogens is 1. The molecule has 1 aromatic heterocycles. The summed E-state index contributed by atoms with van der Waals surface area (Å²) in [6.07, 6.45) is -3.02. The number of aromatic nitrogens is 3. The molecular weight excluding hydrogens is 455 g/mol.